The van der Waals surface area contributed by atoms with Crippen LogP contribution in [0.4, 0.5) is 10.2 Å². The zero-order valence-electron chi connectivity index (χ0n) is 15.7. The van der Waals surface area contributed by atoms with Crippen LogP contribution >= 0.6 is 0 Å². The molecule has 1 atom stereocenters. The van der Waals surface area contributed by atoms with E-state index in [1.807, 2.05) is 4.90 Å². The number of ether oxygens (including phenoxy) is 1. The molecular weight excluding hydrogens is 363 g/mol. The first-order valence-corrected chi connectivity index (χ1v) is 9.16. The molecule has 2 N–H and O–H groups in total. The second-order valence-corrected chi connectivity index (χ2v) is 6.51. The molecule has 2 aromatic rings. The number of nitrogens with zero attached hydrogens (tertiary/aromatic N) is 3. The molecule has 28 heavy (non-hydrogen) atoms. The number of carbonyl (C=O) groups is 2. The Bertz CT molecular complexity index is 818. The van der Waals surface area contributed by atoms with E-state index in [0.717, 1.165) is 5.82 Å². The molecule has 3 rings (SSSR count). The van der Waals surface area contributed by atoms with E-state index >= 15 is 0 Å². The maximum absolute atomic E-state index is 13.2. The molecule has 1 aromatic carbocycles. The summed E-state index contributed by atoms with van der Waals surface area (Å²) >= 11 is 0. The molecule has 0 spiro atoms. The summed E-state index contributed by atoms with van der Waals surface area (Å²) in [5.41, 5.74) is 6.70. The fraction of sp³-hybridized carbons (Fsp3) is 0.350. The van der Waals surface area contributed by atoms with Crippen molar-refractivity contribution in [1.29, 1.82) is 0 Å². The molecule has 2 heterocycles. The van der Waals surface area contributed by atoms with Gasteiger partial charge in [-0.05, 0) is 36.8 Å². The molecule has 148 valence electrons. The van der Waals surface area contributed by atoms with Crippen LogP contribution in [-0.4, -0.2) is 54.5 Å². The number of esters is 1. The number of aromatic nitrogens is 1. The van der Waals surface area contributed by atoms with E-state index < -0.39 is 17.9 Å². The van der Waals surface area contributed by atoms with Crippen molar-refractivity contribution < 1.29 is 18.7 Å². The van der Waals surface area contributed by atoms with Gasteiger partial charge in [-0.1, -0.05) is 12.1 Å². The van der Waals surface area contributed by atoms with E-state index in [1.165, 1.54) is 18.3 Å². The van der Waals surface area contributed by atoms with Crippen molar-refractivity contribution >= 4 is 17.7 Å². The van der Waals surface area contributed by atoms with E-state index in [-0.39, 0.29) is 5.82 Å². The van der Waals surface area contributed by atoms with Crippen LogP contribution < -0.4 is 10.6 Å². The van der Waals surface area contributed by atoms with Gasteiger partial charge in [-0.2, -0.15) is 0 Å². The van der Waals surface area contributed by atoms with Crippen molar-refractivity contribution in [3.05, 3.63) is 59.5 Å². The lowest BCUT2D eigenvalue weighted by Gasteiger charge is -2.38. The number of halogens is 1. The van der Waals surface area contributed by atoms with Crippen molar-refractivity contribution in [2.45, 2.75) is 13.0 Å². The maximum atomic E-state index is 13.2. The Morgan fingerprint density at radius 1 is 1.14 bits per heavy atom. The fourth-order valence-electron chi connectivity index (χ4n) is 3.32. The van der Waals surface area contributed by atoms with E-state index in [4.69, 9.17) is 10.5 Å². The second kappa shape index (κ2) is 8.79. The molecule has 7 nitrogen and oxygen atoms in total. The Morgan fingerprint density at radius 2 is 1.82 bits per heavy atom. The Kier molecular flexibility index (Phi) is 6.20. The zero-order valence-corrected chi connectivity index (χ0v) is 15.7. The van der Waals surface area contributed by atoms with Gasteiger partial charge in [0.25, 0.3) is 0 Å². The van der Waals surface area contributed by atoms with Crippen LogP contribution in [-0.2, 0) is 9.53 Å². The summed E-state index contributed by atoms with van der Waals surface area (Å²) < 4.78 is 18.1. The summed E-state index contributed by atoms with van der Waals surface area (Å²) in [6, 6.07) is 8.72. The average molecular weight is 386 g/mol. The Morgan fingerprint density at radius 3 is 2.36 bits per heavy atom. The summed E-state index contributed by atoms with van der Waals surface area (Å²) in [5.74, 6) is -0.453. The molecule has 8 heteroatoms. The van der Waals surface area contributed by atoms with Gasteiger partial charge in [0.05, 0.1) is 12.2 Å². The standard InChI is InChI=1S/C20H23FN4O3/c1-2-28-20(27)15-5-8-17(23-13-15)24-9-11-25(12-10-24)18(19(22)26)14-3-6-16(21)7-4-14/h3-8,13,18H,2,9-12H2,1H3,(H2,22,26)/t18-/m1/s1. The minimum atomic E-state index is -0.595. The van der Waals surface area contributed by atoms with Crippen molar-refractivity contribution in [3.63, 3.8) is 0 Å². The third-order valence-corrected chi connectivity index (χ3v) is 4.72. The first-order chi connectivity index (χ1) is 13.5. The Hall–Kier alpha value is -3.00. The summed E-state index contributed by atoms with van der Waals surface area (Å²) in [6.45, 7) is 4.58. The van der Waals surface area contributed by atoms with Crippen molar-refractivity contribution in [2.75, 3.05) is 37.7 Å². The number of pyridine rings is 1. The fourth-order valence-corrected chi connectivity index (χ4v) is 3.32. The Labute approximate surface area is 162 Å². The summed E-state index contributed by atoms with van der Waals surface area (Å²) in [4.78, 5) is 32.1. The van der Waals surface area contributed by atoms with Crippen molar-refractivity contribution in [1.82, 2.24) is 9.88 Å². The molecular formula is C20H23FN4O3. The smallest absolute Gasteiger partial charge is 0.339 e. The first kappa shape index (κ1) is 19.8. The molecule has 1 aliphatic heterocycles. The second-order valence-electron chi connectivity index (χ2n) is 6.51. The molecule has 0 radical (unpaired) electrons. The Balaban J connectivity index is 1.65. The van der Waals surface area contributed by atoms with Gasteiger partial charge in [0.1, 0.15) is 17.7 Å². The van der Waals surface area contributed by atoms with Gasteiger partial charge in [-0.25, -0.2) is 14.2 Å². The van der Waals surface area contributed by atoms with Gasteiger partial charge in [0, 0.05) is 32.4 Å². The topological polar surface area (TPSA) is 88.8 Å². The molecule has 0 unspecified atom stereocenters. The third kappa shape index (κ3) is 4.45. The number of hydrogen-bond acceptors (Lipinski definition) is 6. The number of amides is 1. The molecule has 1 saturated heterocycles. The van der Waals surface area contributed by atoms with Gasteiger partial charge in [-0.3, -0.25) is 9.69 Å². The van der Waals surface area contributed by atoms with Crippen LogP contribution in [0.15, 0.2) is 42.6 Å². The summed E-state index contributed by atoms with van der Waals surface area (Å²) in [7, 11) is 0. The van der Waals surface area contributed by atoms with Gasteiger partial charge in [-0.15, -0.1) is 0 Å². The number of piperazine rings is 1. The van der Waals surface area contributed by atoms with Gasteiger partial charge >= 0.3 is 5.97 Å². The van der Waals surface area contributed by atoms with Crippen molar-refractivity contribution in [3.8, 4) is 0 Å². The molecule has 1 aromatic heterocycles. The minimum Gasteiger partial charge on any atom is -0.462 e. The van der Waals surface area contributed by atoms with E-state index in [9.17, 15) is 14.0 Å². The number of rotatable bonds is 6. The predicted molar refractivity (Wildman–Crippen MR) is 102 cm³/mol. The lowest BCUT2D eigenvalue weighted by Crippen LogP contribution is -2.50. The number of primary amides is 1. The molecule has 1 aliphatic rings. The minimum absolute atomic E-state index is 0.317. The monoisotopic (exact) mass is 386 g/mol. The molecule has 1 amide bonds. The lowest BCUT2D eigenvalue weighted by molar-refractivity contribution is -0.123. The number of anilines is 1. The van der Waals surface area contributed by atoms with Gasteiger partial charge < -0.3 is 15.4 Å². The highest BCUT2D eigenvalue weighted by molar-refractivity contribution is 5.89. The first-order valence-electron chi connectivity index (χ1n) is 9.16. The van der Waals surface area contributed by atoms with Crippen LogP contribution in [0.3, 0.4) is 0 Å². The number of carbonyl (C=O) groups excluding carboxylic acids is 2. The molecule has 1 fully saturated rings. The van der Waals surface area contributed by atoms with Crippen LogP contribution in [0.5, 0.6) is 0 Å². The van der Waals surface area contributed by atoms with Crippen molar-refractivity contribution in [2.24, 2.45) is 5.73 Å². The summed E-state index contributed by atoms with van der Waals surface area (Å²) in [6.07, 6.45) is 1.50. The number of hydrogen-bond donors (Lipinski definition) is 1. The van der Waals surface area contributed by atoms with E-state index in [1.54, 1.807) is 31.2 Å². The van der Waals surface area contributed by atoms with Crippen LogP contribution in [0, 0.1) is 5.82 Å². The zero-order chi connectivity index (χ0) is 20.1. The van der Waals surface area contributed by atoms with Crippen LogP contribution in [0.1, 0.15) is 28.9 Å². The molecule has 0 bridgehead atoms. The predicted octanol–water partition coefficient (Wildman–Crippen LogP) is 1.75. The normalized spacial score (nSPS) is 15.9. The highest BCUT2D eigenvalue weighted by Gasteiger charge is 2.29. The highest BCUT2D eigenvalue weighted by Crippen LogP contribution is 2.24. The highest BCUT2D eigenvalue weighted by atomic mass is 19.1. The quantitative estimate of drug-likeness (QED) is 0.761. The van der Waals surface area contributed by atoms with Crippen LogP contribution in [0.2, 0.25) is 0 Å². The number of benzene rings is 1. The average Bonchev–Trinajstić information content (AvgIpc) is 2.70. The molecule has 0 saturated carbocycles. The SMILES string of the molecule is CCOC(=O)c1ccc(N2CCN([C@@H](C(N)=O)c3ccc(F)cc3)CC2)nc1. The molecule has 0 aliphatic carbocycles. The largest absolute Gasteiger partial charge is 0.462 e. The van der Waals surface area contributed by atoms with E-state index in [2.05, 4.69) is 9.88 Å². The van der Waals surface area contributed by atoms with Gasteiger partial charge in [0.2, 0.25) is 5.91 Å². The van der Waals surface area contributed by atoms with Gasteiger partial charge in [0.15, 0.2) is 0 Å². The lowest BCUT2D eigenvalue weighted by atomic mass is 10.0. The van der Waals surface area contributed by atoms with E-state index in [0.29, 0.717) is 43.9 Å². The maximum Gasteiger partial charge on any atom is 0.339 e. The number of nitrogens with two attached hydrogens (primary N) is 1. The third-order valence-electron chi connectivity index (χ3n) is 4.72. The summed E-state index contributed by atoms with van der Waals surface area (Å²) in [5, 5.41) is 0. The van der Waals surface area contributed by atoms with Crippen LogP contribution in [0.25, 0.3) is 0 Å².